The zero-order chi connectivity index (χ0) is 25.8. The first-order valence-corrected chi connectivity index (χ1v) is 12.9. The van der Waals surface area contributed by atoms with E-state index in [1.807, 2.05) is 28.9 Å². The van der Waals surface area contributed by atoms with Crippen LogP contribution in [0.4, 0.5) is 0 Å². The highest BCUT2D eigenvalue weighted by molar-refractivity contribution is 5.83. The summed E-state index contributed by atoms with van der Waals surface area (Å²) in [5.41, 5.74) is 1.31. The molecule has 1 aliphatic carbocycles. The molecule has 1 fully saturated rings. The quantitative estimate of drug-likeness (QED) is 0.336. The maximum atomic E-state index is 13.3. The third-order valence-corrected chi connectivity index (χ3v) is 7.35. The van der Waals surface area contributed by atoms with Gasteiger partial charge in [0.2, 0.25) is 0 Å². The van der Waals surface area contributed by atoms with Crippen LogP contribution < -0.4 is 15.0 Å². The van der Waals surface area contributed by atoms with Crippen molar-refractivity contribution in [1.29, 1.82) is 0 Å². The van der Waals surface area contributed by atoms with Gasteiger partial charge in [-0.3, -0.25) is 9.69 Å². The number of aromatic nitrogens is 5. The molecule has 5 rings (SSSR count). The van der Waals surface area contributed by atoms with Gasteiger partial charge in [0.15, 0.2) is 17.3 Å². The number of furan rings is 1. The predicted molar refractivity (Wildman–Crippen MR) is 139 cm³/mol. The molecule has 196 valence electrons. The van der Waals surface area contributed by atoms with Crippen LogP contribution >= 0.6 is 0 Å². The van der Waals surface area contributed by atoms with Gasteiger partial charge >= 0.3 is 0 Å². The predicted octanol–water partition coefficient (Wildman–Crippen LogP) is 4.46. The van der Waals surface area contributed by atoms with E-state index in [1.54, 1.807) is 26.5 Å². The molecule has 0 aliphatic heterocycles. The molecule has 0 spiro atoms. The molecule has 1 aromatic carbocycles. The molecule has 0 unspecified atom stereocenters. The fraction of sp³-hybridized carbons (Fsp3) is 0.481. The second-order valence-corrected chi connectivity index (χ2v) is 9.58. The van der Waals surface area contributed by atoms with Crippen molar-refractivity contribution < 1.29 is 13.9 Å². The molecule has 0 bridgehead atoms. The SMILES string of the molecule is CC[C@@H](c1nnnn1Cc1ccco1)N(Cc1cc2cc(OC)c(OC)cc2[nH]c1=O)C1CCCCC1. The average Bonchev–Trinajstić information content (AvgIpc) is 3.61. The van der Waals surface area contributed by atoms with Crippen LogP contribution in [0.3, 0.4) is 0 Å². The number of ether oxygens (including phenoxy) is 2. The third kappa shape index (κ3) is 5.24. The standard InChI is InChI=1S/C27H34N6O4/c1-4-23(26-29-30-31-33(26)17-21-11-8-12-37-21)32(20-9-6-5-7-10-20)16-19-13-18-14-24(35-2)25(36-3)15-22(18)28-27(19)34/h8,11-15,20,23H,4-7,9-10,16-17H2,1-3H3,(H,28,34)/t23-/m0/s1. The number of methoxy groups -OCH3 is 2. The largest absolute Gasteiger partial charge is 0.493 e. The van der Waals surface area contributed by atoms with Crippen molar-refractivity contribution in [2.75, 3.05) is 14.2 Å². The van der Waals surface area contributed by atoms with E-state index in [-0.39, 0.29) is 11.6 Å². The Bertz CT molecular complexity index is 1370. The fourth-order valence-corrected chi connectivity index (χ4v) is 5.48. The number of fused-ring (bicyclic) bond motifs is 1. The lowest BCUT2D eigenvalue weighted by Crippen LogP contribution is -2.41. The smallest absolute Gasteiger partial charge is 0.252 e. The van der Waals surface area contributed by atoms with Crippen LogP contribution in [0.2, 0.25) is 0 Å². The molecule has 0 radical (unpaired) electrons. The molecule has 3 aromatic heterocycles. The Kier molecular flexibility index (Phi) is 7.55. The number of rotatable bonds is 10. The minimum Gasteiger partial charge on any atom is -0.493 e. The van der Waals surface area contributed by atoms with Gasteiger partial charge in [0.1, 0.15) is 12.3 Å². The minimum absolute atomic E-state index is 0.0476. The van der Waals surface area contributed by atoms with E-state index in [9.17, 15) is 4.79 Å². The average molecular weight is 507 g/mol. The van der Waals surface area contributed by atoms with Gasteiger partial charge < -0.3 is 18.9 Å². The molecular weight excluding hydrogens is 472 g/mol. The maximum Gasteiger partial charge on any atom is 0.252 e. The molecule has 10 nitrogen and oxygen atoms in total. The van der Waals surface area contributed by atoms with E-state index < -0.39 is 0 Å². The van der Waals surface area contributed by atoms with Gasteiger partial charge in [0.25, 0.3) is 5.56 Å². The van der Waals surface area contributed by atoms with Gasteiger partial charge in [0, 0.05) is 29.6 Å². The Balaban J connectivity index is 1.52. The van der Waals surface area contributed by atoms with E-state index in [1.165, 1.54) is 19.3 Å². The summed E-state index contributed by atoms with van der Waals surface area (Å²) in [6.07, 6.45) is 8.25. The van der Waals surface area contributed by atoms with Gasteiger partial charge in [-0.2, -0.15) is 0 Å². The molecular formula is C27H34N6O4. The monoisotopic (exact) mass is 506 g/mol. The van der Waals surface area contributed by atoms with Crippen molar-refractivity contribution in [3.05, 3.63) is 64.1 Å². The van der Waals surface area contributed by atoms with Crippen molar-refractivity contribution in [1.82, 2.24) is 30.1 Å². The maximum absolute atomic E-state index is 13.3. The zero-order valence-electron chi connectivity index (χ0n) is 21.6. The Morgan fingerprint density at radius 1 is 1.16 bits per heavy atom. The summed E-state index contributed by atoms with van der Waals surface area (Å²) in [5, 5.41) is 13.6. The third-order valence-electron chi connectivity index (χ3n) is 7.35. The lowest BCUT2D eigenvalue weighted by atomic mass is 9.92. The van der Waals surface area contributed by atoms with Crippen molar-refractivity contribution in [2.24, 2.45) is 0 Å². The van der Waals surface area contributed by atoms with Crippen LogP contribution in [0.1, 0.15) is 68.6 Å². The highest BCUT2D eigenvalue weighted by Gasteiger charge is 2.32. The second-order valence-electron chi connectivity index (χ2n) is 9.58. The Labute approximate surface area is 215 Å². The number of nitrogens with zero attached hydrogens (tertiary/aromatic N) is 5. The Hall–Kier alpha value is -3.66. The van der Waals surface area contributed by atoms with Gasteiger partial charge in [-0.15, -0.1) is 5.10 Å². The van der Waals surface area contributed by atoms with Gasteiger partial charge in [-0.25, -0.2) is 4.68 Å². The van der Waals surface area contributed by atoms with Crippen molar-refractivity contribution >= 4 is 10.9 Å². The molecule has 0 saturated heterocycles. The fourth-order valence-electron chi connectivity index (χ4n) is 5.48. The Morgan fingerprint density at radius 3 is 2.65 bits per heavy atom. The van der Waals surface area contributed by atoms with Crippen LogP contribution in [-0.2, 0) is 13.1 Å². The molecule has 1 aliphatic rings. The summed E-state index contributed by atoms with van der Waals surface area (Å²) in [6.45, 7) is 3.10. The highest BCUT2D eigenvalue weighted by atomic mass is 16.5. The molecule has 10 heteroatoms. The number of hydrogen-bond acceptors (Lipinski definition) is 8. The molecule has 37 heavy (non-hydrogen) atoms. The molecule has 1 saturated carbocycles. The van der Waals surface area contributed by atoms with E-state index in [2.05, 4.69) is 32.3 Å². The van der Waals surface area contributed by atoms with Crippen LogP contribution in [-0.4, -0.2) is 50.4 Å². The normalized spacial score (nSPS) is 15.4. The summed E-state index contributed by atoms with van der Waals surface area (Å²) < 4.78 is 18.3. The number of nitrogens with one attached hydrogen (secondary N) is 1. The van der Waals surface area contributed by atoms with Gasteiger partial charge in [0.05, 0.1) is 32.0 Å². The van der Waals surface area contributed by atoms with E-state index in [0.29, 0.717) is 41.7 Å². The molecule has 1 atom stereocenters. The summed E-state index contributed by atoms with van der Waals surface area (Å²) >= 11 is 0. The van der Waals surface area contributed by atoms with Crippen LogP contribution in [0.5, 0.6) is 11.5 Å². The van der Waals surface area contributed by atoms with Gasteiger partial charge in [-0.1, -0.05) is 26.2 Å². The number of hydrogen-bond donors (Lipinski definition) is 1. The van der Waals surface area contributed by atoms with E-state index in [4.69, 9.17) is 13.9 Å². The molecule has 1 N–H and O–H groups in total. The lowest BCUT2D eigenvalue weighted by Gasteiger charge is -2.39. The van der Waals surface area contributed by atoms with Crippen molar-refractivity contribution in [3.8, 4) is 11.5 Å². The number of H-pyrrole nitrogens is 1. The van der Waals surface area contributed by atoms with Crippen molar-refractivity contribution in [3.63, 3.8) is 0 Å². The molecule has 3 heterocycles. The highest BCUT2D eigenvalue weighted by Crippen LogP contribution is 2.34. The number of tetrazole rings is 1. The van der Waals surface area contributed by atoms with Crippen LogP contribution in [0.25, 0.3) is 10.9 Å². The lowest BCUT2D eigenvalue weighted by molar-refractivity contribution is 0.0842. The summed E-state index contributed by atoms with van der Waals surface area (Å²) in [6, 6.07) is 9.74. The Morgan fingerprint density at radius 2 is 1.95 bits per heavy atom. The van der Waals surface area contributed by atoms with Gasteiger partial charge in [-0.05, 0) is 54.0 Å². The van der Waals surface area contributed by atoms with Crippen LogP contribution in [0.15, 0.2) is 45.8 Å². The van der Waals surface area contributed by atoms with E-state index in [0.717, 1.165) is 36.2 Å². The first-order chi connectivity index (χ1) is 18.1. The first-order valence-electron chi connectivity index (χ1n) is 12.9. The minimum atomic E-state index is -0.106. The summed E-state index contributed by atoms with van der Waals surface area (Å²) in [7, 11) is 3.20. The topological polar surface area (TPSA) is 111 Å². The number of pyridine rings is 1. The van der Waals surface area contributed by atoms with Crippen molar-refractivity contribution in [2.45, 2.75) is 70.6 Å². The zero-order valence-corrected chi connectivity index (χ0v) is 21.6. The first kappa shape index (κ1) is 25.0. The number of aromatic amines is 1. The molecule has 0 amide bonds. The number of benzene rings is 1. The molecule has 4 aromatic rings. The van der Waals surface area contributed by atoms with Crippen LogP contribution in [0, 0.1) is 0 Å². The summed E-state index contributed by atoms with van der Waals surface area (Å²) in [5.74, 6) is 2.79. The second kappa shape index (κ2) is 11.2. The summed E-state index contributed by atoms with van der Waals surface area (Å²) in [4.78, 5) is 18.8. The van der Waals surface area contributed by atoms with E-state index >= 15 is 0 Å².